The number of fused-ring (bicyclic) bond motifs is 1. The minimum absolute atomic E-state index is 0.171. The highest BCUT2D eigenvalue weighted by atomic mass is 79.9. The minimum Gasteiger partial charge on any atom is -0.505 e. The Balaban J connectivity index is 0.000000709. The fourth-order valence-electron chi connectivity index (χ4n) is 3.26. The van der Waals surface area contributed by atoms with Crippen LogP contribution in [0.1, 0.15) is 28.5 Å². The van der Waals surface area contributed by atoms with Gasteiger partial charge in [0.15, 0.2) is 11.4 Å². The molecule has 33 heavy (non-hydrogen) atoms. The van der Waals surface area contributed by atoms with Gasteiger partial charge in [-0.3, -0.25) is 9.59 Å². The molecule has 0 bridgehead atoms. The first kappa shape index (κ1) is 23.7. The number of nitrogens with zero attached hydrogens (tertiary/aromatic N) is 1. The zero-order chi connectivity index (χ0) is 24.0. The number of aromatic hydroxyl groups is 1. The number of carboxylic acids is 1. The number of carbonyl (C=O) groups is 2. The molecule has 0 saturated carbocycles. The summed E-state index contributed by atoms with van der Waals surface area (Å²) in [6.45, 7) is 1.08. The van der Waals surface area contributed by atoms with E-state index in [0.29, 0.717) is 33.3 Å². The molecular weight excluding hydrogens is 488 g/mol. The third-order valence-electron chi connectivity index (χ3n) is 4.54. The summed E-state index contributed by atoms with van der Waals surface area (Å²) in [5, 5.41) is 19.3. The molecule has 168 valence electrons. The average molecular weight is 509 g/mol. The molecule has 4 N–H and O–H groups in total. The summed E-state index contributed by atoms with van der Waals surface area (Å²) in [6, 6.07) is 22.9. The fourth-order valence-corrected chi connectivity index (χ4v) is 3.75. The lowest BCUT2D eigenvalue weighted by molar-refractivity contribution is -0.134. The summed E-state index contributed by atoms with van der Waals surface area (Å²) < 4.78 is 6.42. The number of aromatic nitrogens is 1. The van der Waals surface area contributed by atoms with Crippen molar-refractivity contribution in [2.75, 3.05) is 0 Å². The second-order valence-electron chi connectivity index (χ2n) is 7.07. The van der Waals surface area contributed by atoms with Crippen LogP contribution >= 0.6 is 15.9 Å². The van der Waals surface area contributed by atoms with Gasteiger partial charge >= 0.3 is 0 Å². The van der Waals surface area contributed by atoms with E-state index in [-0.39, 0.29) is 11.4 Å². The molecule has 0 fully saturated rings. The number of primary amides is 1. The maximum Gasteiger partial charge on any atom is 0.300 e. The van der Waals surface area contributed by atoms with Crippen molar-refractivity contribution in [1.82, 2.24) is 4.98 Å². The monoisotopic (exact) mass is 508 g/mol. The Kier molecular flexibility index (Phi) is 7.63. The van der Waals surface area contributed by atoms with Crippen LogP contribution in [-0.4, -0.2) is 27.1 Å². The largest absolute Gasteiger partial charge is 0.505 e. The molecule has 7 nitrogen and oxygen atoms in total. The summed E-state index contributed by atoms with van der Waals surface area (Å²) in [6.07, 6.45) is 0.533. The first-order valence-corrected chi connectivity index (χ1v) is 10.7. The van der Waals surface area contributed by atoms with Gasteiger partial charge in [0.25, 0.3) is 11.9 Å². The number of carbonyl (C=O) groups excluding carboxylic acids is 1. The first-order chi connectivity index (χ1) is 15.8. The maximum atomic E-state index is 11.7. The van der Waals surface area contributed by atoms with E-state index in [1.165, 1.54) is 0 Å². The second kappa shape index (κ2) is 10.6. The van der Waals surface area contributed by atoms with Crippen molar-refractivity contribution in [3.05, 3.63) is 94.2 Å². The summed E-state index contributed by atoms with van der Waals surface area (Å²) >= 11 is 3.40. The average Bonchev–Trinajstić information content (AvgIpc) is 2.77. The predicted octanol–water partition coefficient (Wildman–Crippen LogP) is 5.28. The Morgan fingerprint density at radius 3 is 2.15 bits per heavy atom. The number of para-hydroxylation sites is 1. The van der Waals surface area contributed by atoms with Gasteiger partial charge in [0.05, 0.1) is 0 Å². The Morgan fingerprint density at radius 1 is 1.00 bits per heavy atom. The lowest BCUT2D eigenvalue weighted by Gasteiger charge is -2.15. The molecular formula is C25H21BrN2O5. The lowest BCUT2D eigenvalue weighted by Crippen LogP contribution is -2.14. The molecule has 1 amide bonds. The first-order valence-electron chi connectivity index (χ1n) is 9.87. The number of amides is 1. The smallest absolute Gasteiger partial charge is 0.300 e. The molecule has 0 radical (unpaired) electrons. The predicted molar refractivity (Wildman–Crippen MR) is 129 cm³/mol. The topological polar surface area (TPSA) is 123 Å². The molecule has 4 aromatic rings. The molecule has 0 spiro atoms. The van der Waals surface area contributed by atoms with E-state index in [4.69, 9.17) is 20.4 Å². The van der Waals surface area contributed by atoms with Crippen LogP contribution in [0.4, 0.5) is 0 Å². The maximum absolute atomic E-state index is 11.7. The minimum atomic E-state index is -0.833. The zero-order valence-electron chi connectivity index (χ0n) is 17.7. The zero-order valence-corrected chi connectivity index (χ0v) is 19.2. The van der Waals surface area contributed by atoms with Crippen LogP contribution < -0.4 is 10.5 Å². The summed E-state index contributed by atoms with van der Waals surface area (Å²) in [7, 11) is 0. The van der Waals surface area contributed by atoms with Gasteiger partial charge < -0.3 is 20.7 Å². The molecule has 0 aliphatic heterocycles. The molecule has 4 rings (SSSR count). The van der Waals surface area contributed by atoms with E-state index >= 15 is 0 Å². The molecule has 8 heteroatoms. The van der Waals surface area contributed by atoms with Crippen LogP contribution in [0.2, 0.25) is 0 Å². The van der Waals surface area contributed by atoms with Crippen LogP contribution in [0.15, 0.2) is 77.4 Å². The fraction of sp³-hybridized carbons (Fsp3) is 0.0800. The molecule has 0 saturated heterocycles. The third-order valence-corrected chi connectivity index (χ3v) is 5.14. The van der Waals surface area contributed by atoms with Gasteiger partial charge in [0.2, 0.25) is 0 Å². The van der Waals surface area contributed by atoms with Crippen LogP contribution in [0.5, 0.6) is 17.2 Å². The lowest BCUT2D eigenvalue weighted by atomic mass is 9.97. The number of pyridine rings is 1. The Morgan fingerprint density at radius 2 is 1.58 bits per heavy atom. The summed E-state index contributed by atoms with van der Waals surface area (Å²) in [5.41, 5.74) is 7.08. The van der Waals surface area contributed by atoms with Crippen molar-refractivity contribution in [2.45, 2.75) is 13.3 Å². The van der Waals surface area contributed by atoms with E-state index in [2.05, 4.69) is 20.9 Å². The Labute approximate surface area is 198 Å². The van der Waals surface area contributed by atoms with Gasteiger partial charge in [-0.1, -0.05) is 48.5 Å². The highest BCUT2D eigenvalue weighted by Gasteiger charge is 2.20. The molecule has 3 aromatic carbocycles. The van der Waals surface area contributed by atoms with Crippen molar-refractivity contribution in [3.63, 3.8) is 0 Å². The number of benzene rings is 3. The summed E-state index contributed by atoms with van der Waals surface area (Å²) in [4.78, 5) is 24.9. The van der Waals surface area contributed by atoms with Gasteiger partial charge in [0, 0.05) is 17.7 Å². The number of ether oxygens (including phenoxy) is 1. The molecule has 0 unspecified atom stereocenters. The van der Waals surface area contributed by atoms with Crippen LogP contribution in [0.3, 0.4) is 0 Å². The highest BCUT2D eigenvalue weighted by molar-refractivity contribution is 9.10. The van der Waals surface area contributed by atoms with Gasteiger partial charge in [-0.25, -0.2) is 4.98 Å². The van der Waals surface area contributed by atoms with E-state index in [9.17, 15) is 9.90 Å². The number of nitrogens with two attached hydrogens (primary N) is 1. The molecule has 1 aromatic heterocycles. The Bertz CT molecular complexity index is 1290. The van der Waals surface area contributed by atoms with E-state index in [0.717, 1.165) is 18.1 Å². The van der Waals surface area contributed by atoms with Crippen molar-refractivity contribution in [2.24, 2.45) is 5.73 Å². The molecule has 1 heterocycles. The van der Waals surface area contributed by atoms with Crippen LogP contribution in [-0.2, 0) is 11.2 Å². The SMILES string of the molecule is CC(=O)O.NC(=O)c1nc(Br)c2cc(Oc3ccccc3)cc(Cc3ccccc3)c2c1O. The highest BCUT2D eigenvalue weighted by Crippen LogP contribution is 2.39. The van der Waals surface area contributed by atoms with Crippen molar-refractivity contribution < 1.29 is 24.5 Å². The number of aliphatic carboxylic acids is 1. The number of hydrogen-bond donors (Lipinski definition) is 3. The van der Waals surface area contributed by atoms with Gasteiger partial charge in [-0.2, -0.15) is 0 Å². The van der Waals surface area contributed by atoms with Gasteiger partial charge in [-0.05, 0) is 57.7 Å². The normalized spacial score (nSPS) is 10.2. The van der Waals surface area contributed by atoms with E-state index in [1.54, 1.807) is 6.07 Å². The Hall–Kier alpha value is -3.91. The molecule has 0 atom stereocenters. The number of halogens is 1. The molecule has 0 aliphatic rings. The van der Waals surface area contributed by atoms with Crippen molar-refractivity contribution >= 4 is 38.6 Å². The van der Waals surface area contributed by atoms with E-state index < -0.39 is 11.9 Å². The standard InChI is InChI=1S/C23H17BrN2O3.C2H4O2/c24-22-18-13-17(29-16-9-5-2-6-10-16)12-15(11-14-7-3-1-4-8-14)19(18)21(27)20(26-22)23(25)28;1-2(3)4/h1-10,12-13,27H,11H2,(H2,25,28);1H3,(H,3,4). The third kappa shape index (κ3) is 6.08. The summed E-state index contributed by atoms with van der Waals surface area (Å²) in [5.74, 6) is -0.559. The van der Waals surface area contributed by atoms with Crippen LogP contribution in [0.25, 0.3) is 10.8 Å². The van der Waals surface area contributed by atoms with Crippen molar-refractivity contribution in [1.29, 1.82) is 0 Å². The molecule has 0 aliphatic carbocycles. The number of hydrogen-bond acceptors (Lipinski definition) is 5. The second-order valence-corrected chi connectivity index (χ2v) is 7.82. The van der Waals surface area contributed by atoms with Crippen LogP contribution in [0, 0.1) is 0 Å². The number of carboxylic acid groups (broad SMARTS) is 1. The number of rotatable bonds is 5. The van der Waals surface area contributed by atoms with E-state index in [1.807, 2.05) is 66.7 Å². The quantitative estimate of drug-likeness (QED) is 0.315. The van der Waals surface area contributed by atoms with Gasteiger partial charge in [0.1, 0.15) is 16.1 Å². The van der Waals surface area contributed by atoms with Gasteiger partial charge in [-0.15, -0.1) is 0 Å². The van der Waals surface area contributed by atoms with Crippen molar-refractivity contribution in [3.8, 4) is 17.2 Å².